The predicted molar refractivity (Wildman–Crippen MR) is 77.6 cm³/mol. The van der Waals surface area contributed by atoms with E-state index in [1.54, 1.807) is 24.1 Å². The molecule has 1 heterocycles. The van der Waals surface area contributed by atoms with Crippen LogP contribution >= 0.6 is 15.9 Å². The van der Waals surface area contributed by atoms with Gasteiger partial charge >= 0.3 is 0 Å². The van der Waals surface area contributed by atoms with Crippen LogP contribution in [0.15, 0.2) is 35.1 Å². The van der Waals surface area contributed by atoms with Crippen LogP contribution in [0, 0.1) is 6.92 Å². The van der Waals surface area contributed by atoms with Gasteiger partial charge in [-0.25, -0.2) is 0 Å². The van der Waals surface area contributed by atoms with Crippen molar-refractivity contribution in [3.63, 3.8) is 0 Å². The zero-order valence-electron chi connectivity index (χ0n) is 10.7. The van der Waals surface area contributed by atoms with E-state index in [0.717, 1.165) is 10.0 Å². The van der Waals surface area contributed by atoms with Gasteiger partial charge in [0.05, 0.1) is 6.20 Å². The van der Waals surface area contributed by atoms with Crippen molar-refractivity contribution in [2.75, 3.05) is 5.32 Å². The lowest BCUT2D eigenvalue weighted by molar-refractivity contribution is -0.117. The van der Waals surface area contributed by atoms with E-state index in [1.807, 2.05) is 25.1 Å². The minimum atomic E-state index is -0.728. The van der Waals surface area contributed by atoms with Crippen LogP contribution in [0.4, 0.5) is 5.69 Å². The highest BCUT2D eigenvalue weighted by Gasteiger charge is 2.17. The van der Waals surface area contributed by atoms with E-state index >= 15 is 0 Å². The molecule has 0 spiro atoms. The number of amides is 1. The molecule has 1 amide bonds. The van der Waals surface area contributed by atoms with Gasteiger partial charge in [0.15, 0.2) is 0 Å². The number of hydrogen-bond acceptors (Lipinski definition) is 3. The second kappa shape index (κ2) is 5.54. The number of aryl methyl sites for hydroxylation is 2. The third kappa shape index (κ3) is 3.21. The molecule has 6 heteroatoms. The molecule has 0 radical (unpaired) electrons. The molecule has 0 aliphatic rings. The summed E-state index contributed by atoms with van der Waals surface area (Å²) >= 11 is 3.43. The molecular weight excluding hydrogens is 308 g/mol. The van der Waals surface area contributed by atoms with E-state index in [0.29, 0.717) is 11.3 Å². The fraction of sp³-hybridized carbons (Fsp3) is 0.231. The number of nitrogens with zero attached hydrogens (tertiary/aromatic N) is 2. The van der Waals surface area contributed by atoms with Crippen LogP contribution in [0.25, 0.3) is 0 Å². The van der Waals surface area contributed by atoms with Gasteiger partial charge in [-0.1, -0.05) is 22.0 Å². The number of anilines is 1. The Bertz CT molecular complexity index is 608. The van der Waals surface area contributed by atoms with Crippen molar-refractivity contribution in [1.29, 1.82) is 0 Å². The molecule has 2 rings (SSSR count). The second-order valence-corrected chi connectivity index (χ2v) is 5.23. The van der Waals surface area contributed by atoms with E-state index in [2.05, 4.69) is 26.3 Å². The summed E-state index contributed by atoms with van der Waals surface area (Å²) in [6, 6.07) is 4.89. The highest BCUT2D eigenvalue weighted by molar-refractivity contribution is 9.10. The highest BCUT2D eigenvalue weighted by atomic mass is 79.9. The summed E-state index contributed by atoms with van der Waals surface area (Å²) in [6.45, 7) is 1.98. The molecule has 0 saturated heterocycles. The first-order chi connectivity index (χ1) is 8.97. The summed E-state index contributed by atoms with van der Waals surface area (Å²) in [5.74, 6) is -0.260. The number of halogens is 1. The average molecular weight is 323 g/mol. The Morgan fingerprint density at radius 1 is 1.53 bits per heavy atom. The lowest BCUT2D eigenvalue weighted by atomic mass is 10.1. The van der Waals surface area contributed by atoms with Gasteiger partial charge in [0.2, 0.25) is 5.91 Å². The van der Waals surface area contributed by atoms with Gasteiger partial charge in [-0.15, -0.1) is 0 Å². The largest absolute Gasteiger partial charge is 0.324 e. The van der Waals surface area contributed by atoms with Crippen molar-refractivity contribution in [2.24, 2.45) is 12.8 Å². The van der Waals surface area contributed by atoms with Gasteiger partial charge in [-0.3, -0.25) is 9.48 Å². The lowest BCUT2D eigenvalue weighted by Crippen LogP contribution is -2.27. The molecule has 1 aromatic carbocycles. The quantitative estimate of drug-likeness (QED) is 0.909. The first-order valence-corrected chi connectivity index (χ1v) is 6.58. The third-order valence-electron chi connectivity index (χ3n) is 2.81. The molecule has 3 N–H and O–H groups in total. The molecule has 1 atom stereocenters. The Hall–Kier alpha value is -1.66. The normalized spacial score (nSPS) is 12.2. The second-order valence-electron chi connectivity index (χ2n) is 4.38. The number of carbonyl (C=O) groups excluding carboxylic acids is 1. The Morgan fingerprint density at radius 3 is 2.84 bits per heavy atom. The number of nitrogens with two attached hydrogens (primary N) is 1. The molecule has 100 valence electrons. The maximum absolute atomic E-state index is 12.0. The van der Waals surface area contributed by atoms with Crippen LogP contribution in [0.3, 0.4) is 0 Å². The molecule has 2 aromatic rings. The monoisotopic (exact) mass is 322 g/mol. The maximum atomic E-state index is 12.0. The maximum Gasteiger partial charge on any atom is 0.246 e. The Morgan fingerprint density at radius 2 is 2.26 bits per heavy atom. The molecular formula is C13H15BrN4O. The Labute approximate surface area is 119 Å². The summed E-state index contributed by atoms with van der Waals surface area (Å²) < 4.78 is 2.56. The standard InChI is InChI=1S/C13H15BrN4O/c1-8-3-4-10(5-11(8)14)17-13(19)12(15)9-6-16-18(2)7-9/h3-7,12H,15H2,1-2H3,(H,17,19). The lowest BCUT2D eigenvalue weighted by Gasteiger charge is -2.11. The van der Waals surface area contributed by atoms with Crippen molar-refractivity contribution in [1.82, 2.24) is 9.78 Å². The van der Waals surface area contributed by atoms with E-state index < -0.39 is 6.04 Å². The minimum Gasteiger partial charge on any atom is -0.324 e. The Balaban J connectivity index is 2.10. The van der Waals surface area contributed by atoms with Crippen LogP contribution in [-0.4, -0.2) is 15.7 Å². The molecule has 1 aromatic heterocycles. The van der Waals surface area contributed by atoms with E-state index in [9.17, 15) is 4.79 Å². The van der Waals surface area contributed by atoms with Crippen LogP contribution in [0.1, 0.15) is 17.2 Å². The number of aromatic nitrogens is 2. The van der Waals surface area contributed by atoms with Gasteiger partial charge in [0.25, 0.3) is 0 Å². The Kier molecular flexibility index (Phi) is 4.01. The summed E-state index contributed by atoms with van der Waals surface area (Å²) in [5, 5.41) is 6.79. The summed E-state index contributed by atoms with van der Waals surface area (Å²) in [7, 11) is 1.78. The average Bonchev–Trinajstić information content (AvgIpc) is 2.79. The zero-order valence-corrected chi connectivity index (χ0v) is 12.3. The number of hydrogen-bond donors (Lipinski definition) is 2. The predicted octanol–water partition coefficient (Wildman–Crippen LogP) is 2.13. The van der Waals surface area contributed by atoms with Crippen LogP contribution < -0.4 is 11.1 Å². The first kappa shape index (κ1) is 13.8. The minimum absolute atomic E-state index is 0.260. The molecule has 1 unspecified atom stereocenters. The molecule has 0 aliphatic heterocycles. The van der Waals surface area contributed by atoms with Crippen LogP contribution in [0.5, 0.6) is 0 Å². The van der Waals surface area contributed by atoms with Crippen molar-refractivity contribution in [3.8, 4) is 0 Å². The molecule has 0 aliphatic carbocycles. The molecule has 19 heavy (non-hydrogen) atoms. The van der Waals surface area contributed by atoms with Gasteiger partial charge in [0, 0.05) is 29.0 Å². The first-order valence-electron chi connectivity index (χ1n) is 5.78. The summed E-state index contributed by atoms with van der Waals surface area (Å²) in [5.41, 5.74) is 8.39. The van der Waals surface area contributed by atoms with Gasteiger partial charge in [-0.05, 0) is 24.6 Å². The van der Waals surface area contributed by atoms with E-state index in [-0.39, 0.29) is 5.91 Å². The molecule has 0 bridgehead atoms. The summed E-state index contributed by atoms with van der Waals surface area (Å²) in [4.78, 5) is 12.0. The van der Waals surface area contributed by atoms with Crippen molar-refractivity contribution >= 4 is 27.5 Å². The number of nitrogens with one attached hydrogen (secondary N) is 1. The molecule has 0 fully saturated rings. The zero-order chi connectivity index (χ0) is 14.0. The van der Waals surface area contributed by atoms with Crippen molar-refractivity contribution < 1.29 is 4.79 Å². The van der Waals surface area contributed by atoms with Crippen molar-refractivity contribution in [2.45, 2.75) is 13.0 Å². The van der Waals surface area contributed by atoms with Gasteiger partial charge in [0.1, 0.15) is 6.04 Å². The fourth-order valence-electron chi connectivity index (χ4n) is 1.64. The number of benzene rings is 1. The highest BCUT2D eigenvalue weighted by Crippen LogP contribution is 2.21. The smallest absolute Gasteiger partial charge is 0.246 e. The van der Waals surface area contributed by atoms with E-state index in [1.165, 1.54) is 0 Å². The van der Waals surface area contributed by atoms with Gasteiger partial charge in [-0.2, -0.15) is 5.10 Å². The fourth-order valence-corrected chi connectivity index (χ4v) is 2.02. The SMILES string of the molecule is Cc1ccc(NC(=O)C(N)c2cnn(C)c2)cc1Br. The van der Waals surface area contributed by atoms with Crippen LogP contribution in [-0.2, 0) is 11.8 Å². The van der Waals surface area contributed by atoms with Gasteiger partial charge < -0.3 is 11.1 Å². The summed E-state index contributed by atoms with van der Waals surface area (Å²) in [6.07, 6.45) is 3.32. The molecule has 5 nitrogen and oxygen atoms in total. The third-order valence-corrected chi connectivity index (χ3v) is 3.66. The van der Waals surface area contributed by atoms with Crippen molar-refractivity contribution in [3.05, 3.63) is 46.2 Å². The van der Waals surface area contributed by atoms with E-state index in [4.69, 9.17) is 5.73 Å². The number of rotatable bonds is 3. The van der Waals surface area contributed by atoms with Crippen LogP contribution in [0.2, 0.25) is 0 Å². The molecule has 0 saturated carbocycles. The number of carbonyl (C=O) groups is 1. The topological polar surface area (TPSA) is 72.9 Å².